The molecule has 4 rings (SSSR count). The van der Waals surface area contributed by atoms with Crippen molar-refractivity contribution in [3.8, 4) is 0 Å². The van der Waals surface area contributed by atoms with Crippen LogP contribution in [0.15, 0.2) is 12.5 Å². The van der Waals surface area contributed by atoms with Gasteiger partial charge in [-0.2, -0.15) is 0 Å². The molecule has 0 bridgehead atoms. The number of nitrogens with zero attached hydrogens (tertiary/aromatic N) is 4. The Kier molecular flexibility index (Phi) is 6.64. The number of rotatable bonds is 5. The van der Waals surface area contributed by atoms with Crippen LogP contribution in [-0.2, 0) is 27.7 Å². The molecule has 3 atom stereocenters. The SMILES string of the molecule is CCN(C(=O)NCCc1cn(C)cn1)C(=O)[C@@H]1C[C@@H]2CC3(CC[C@H]2N(C)C1)OCCO3. The van der Waals surface area contributed by atoms with Crippen LogP contribution in [0.3, 0.4) is 0 Å². The predicted molar refractivity (Wildman–Crippen MR) is 114 cm³/mol. The summed E-state index contributed by atoms with van der Waals surface area (Å²) >= 11 is 0. The average Bonchev–Trinajstić information content (AvgIpc) is 3.37. The van der Waals surface area contributed by atoms with E-state index in [9.17, 15) is 9.59 Å². The van der Waals surface area contributed by atoms with E-state index in [0.29, 0.717) is 51.2 Å². The van der Waals surface area contributed by atoms with E-state index in [1.807, 2.05) is 24.7 Å². The molecular formula is C22H35N5O4. The van der Waals surface area contributed by atoms with Gasteiger partial charge in [-0.05, 0) is 32.7 Å². The van der Waals surface area contributed by atoms with Gasteiger partial charge in [-0.15, -0.1) is 0 Å². The topological polar surface area (TPSA) is 88.9 Å². The summed E-state index contributed by atoms with van der Waals surface area (Å²) in [5.74, 6) is -0.397. The fourth-order valence-electron chi connectivity index (χ4n) is 5.53. The number of urea groups is 1. The number of imidazole rings is 1. The summed E-state index contributed by atoms with van der Waals surface area (Å²) in [7, 11) is 4.01. The zero-order valence-corrected chi connectivity index (χ0v) is 18.9. The first-order valence-electron chi connectivity index (χ1n) is 11.4. The fraction of sp³-hybridized carbons (Fsp3) is 0.773. The van der Waals surface area contributed by atoms with Gasteiger partial charge in [0.2, 0.25) is 5.91 Å². The lowest BCUT2D eigenvalue weighted by Crippen LogP contribution is -2.57. The Morgan fingerprint density at radius 2 is 2.10 bits per heavy atom. The van der Waals surface area contributed by atoms with Crippen molar-refractivity contribution in [1.82, 2.24) is 24.7 Å². The van der Waals surface area contributed by atoms with Gasteiger partial charge < -0.3 is 24.3 Å². The zero-order chi connectivity index (χ0) is 22.0. The minimum Gasteiger partial charge on any atom is -0.348 e. The number of aryl methyl sites for hydroxylation is 1. The smallest absolute Gasteiger partial charge is 0.324 e. The van der Waals surface area contributed by atoms with Crippen LogP contribution in [0, 0.1) is 11.8 Å². The largest absolute Gasteiger partial charge is 0.348 e. The highest BCUT2D eigenvalue weighted by molar-refractivity contribution is 5.95. The Labute approximate surface area is 184 Å². The predicted octanol–water partition coefficient (Wildman–Crippen LogP) is 1.38. The molecule has 2 aliphatic heterocycles. The fourth-order valence-corrected chi connectivity index (χ4v) is 5.53. The maximum atomic E-state index is 13.3. The maximum Gasteiger partial charge on any atom is 0.324 e. The number of likely N-dealkylation sites (tertiary alicyclic amines) is 1. The Morgan fingerprint density at radius 1 is 1.32 bits per heavy atom. The lowest BCUT2D eigenvalue weighted by Gasteiger charge is -2.49. The van der Waals surface area contributed by atoms with Crippen molar-refractivity contribution in [2.45, 2.75) is 50.9 Å². The van der Waals surface area contributed by atoms with E-state index in [1.165, 1.54) is 4.90 Å². The maximum absolute atomic E-state index is 13.3. The van der Waals surface area contributed by atoms with Crippen LogP contribution in [0.2, 0.25) is 0 Å². The molecule has 9 heteroatoms. The minimum atomic E-state index is -0.458. The quantitative estimate of drug-likeness (QED) is 0.755. The van der Waals surface area contributed by atoms with Crippen LogP contribution in [0.5, 0.6) is 0 Å². The second-order valence-corrected chi connectivity index (χ2v) is 9.14. The first-order chi connectivity index (χ1) is 14.9. The van der Waals surface area contributed by atoms with Crippen LogP contribution < -0.4 is 5.32 Å². The lowest BCUT2D eigenvalue weighted by molar-refractivity contribution is -0.202. The number of piperidine rings is 1. The van der Waals surface area contributed by atoms with E-state index in [2.05, 4.69) is 22.2 Å². The summed E-state index contributed by atoms with van der Waals surface area (Å²) < 4.78 is 13.8. The molecule has 9 nitrogen and oxygen atoms in total. The third kappa shape index (κ3) is 4.78. The highest BCUT2D eigenvalue weighted by atomic mass is 16.7. The molecule has 1 aliphatic carbocycles. The average molecular weight is 434 g/mol. The molecule has 172 valence electrons. The van der Waals surface area contributed by atoms with Gasteiger partial charge in [0.05, 0.1) is 31.2 Å². The van der Waals surface area contributed by atoms with Crippen LogP contribution in [0.4, 0.5) is 4.79 Å². The standard InChI is InChI=1S/C22H35N5O4/c1-4-27(21(29)23-8-6-18-14-25(2)15-24-18)20(28)17-11-16-12-22(30-9-10-31-22)7-5-19(16)26(3)13-17/h14-17,19H,4-13H2,1-3H3,(H,23,29)/t16-,17-,19-/m1/s1. The van der Waals surface area contributed by atoms with Crippen molar-refractivity contribution in [3.63, 3.8) is 0 Å². The lowest BCUT2D eigenvalue weighted by atomic mass is 9.72. The molecule has 2 saturated heterocycles. The Balaban J connectivity index is 1.34. The van der Waals surface area contributed by atoms with Gasteiger partial charge in [-0.25, -0.2) is 9.78 Å². The van der Waals surface area contributed by atoms with E-state index < -0.39 is 5.79 Å². The summed E-state index contributed by atoms with van der Waals surface area (Å²) in [5, 5.41) is 2.88. The third-order valence-corrected chi connectivity index (χ3v) is 7.01. The van der Waals surface area contributed by atoms with Gasteiger partial charge in [-0.3, -0.25) is 9.69 Å². The Bertz CT molecular complexity index is 791. The normalized spacial score (nSPS) is 27.8. The number of carbonyl (C=O) groups excluding carboxylic acids is 2. The van der Waals surface area contributed by atoms with E-state index in [4.69, 9.17) is 9.47 Å². The molecular weight excluding hydrogens is 398 g/mol. The molecule has 3 amide bonds. The van der Waals surface area contributed by atoms with Gasteiger partial charge in [-0.1, -0.05) is 0 Å². The van der Waals surface area contributed by atoms with Crippen molar-refractivity contribution >= 4 is 11.9 Å². The molecule has 1 aromatic heterocycles. The molecule has 1 N–H and O–H groups in total. The van der Waals surface area contributed by atoms with Gasteiger partial charge in [0.25, 0.3) is 0 Å². The van der Waals surface area contributed by atoms with Gasteiger partial charge >= 0.3 is 6.03 Å². The van der Waals surface area contributed by atoms with Crippen molar-refractivity contribution < 1.29 is 19.1 Å². The number of ether oxygens (including phenoxy) is 2. The van der Waals surface area contributed by atoms with Crippen molar-refractivity contribution in [2.75, 3.05) is 39.9 Å². The first kappa shape index (κ1) is 22.2. The van der Waals surface area contributed by atoms with Crippen LogP contribution in [0.1, 0.15) is 38.3 Å². The molecule has 0 aromatic carbocycles. The van der Waals surface area contributed by atoms with Crippen LogP contribution in [-0.4, -0.2) is 83.0 Å². The summed E-state index contributed by atoms with van der Waals surface area (Å²) in [4.78, 5) is 34.0. The van der Waals surface area contributed by atoms with E-state index in [1.54, 1.807) is 6.33 Å². The van der Waals surface area contributed by atoms with Crippen molar-refractivity contribution in [1.29, 1.82) is 0 Å². The highest BCUT2D eigenvalue weighted by Gasteiger charge is 2.49. The number of fused-ring (bicyclic) bond motifs is 1. The van der Waals surface area contributed by atoms with Gasteiger partial charge in [0.1, 0.15) is 0 Å². The molecule has 3 fully saturated rings. The Morgan fingerprint density at radius 3 is 2.77 bits per heavy atom. The van der Waals surface area contributed by atoms with E-state index in [-0.39, 0.29) is 17.9 Å². The van der Waals surface area contributed by atoms with Gasteiger partial charge in [0.15, 0.2) is 5.79 Å². The molecule has 3 heterocycles. The summed E-state index contributed by atoms with van der Waals surface area (Å²) in [6.07, 6.45) is 7.84. The second kappa shape index (κ2) is 9.26. The number of carbonyl (C=O) groups is 2. The second-order valence-electron chi connectivity index (χ2n) is 9.14. The van der Waals surface area contributed by atoms with Crippen molar-refractivity contribution in [3.05, 3.63) is 18.2 Å². The number of aromatic nitrogens is 2. The molecule has 1 saturated carbocycles. The monoisotopic (exact) mass is 433 g/mol. The molecule has 1 spiro atoms. The summed E-state index contributed by atoms with van der Waals surface area (Å²) in [5.41, 5.74) is 0.916. The number of hydrogen-bond acceptors (Lipinski definition) is 6. The Hall–Kier alpha value is -1.97. The van der Waals surface area contributed by atoms with Gasteiger partial charge in [0, 0.05) is 58.2 Å². The third-order valence-electron chi connectivity index (χ3n) is 7.01. The molecule has 0 radical (unpaired) electrons. The van der Waals surface area contributed by atoms with Crippen LogP contribution in [0.25, 0.3) is 0 Å². The van der Waals surface area contributed by atoms with Crippen molar-refractivity contribution in [2.24, 2.45) is 18.9 Å². The van der Waals surface area contributed by atoms with E-state index >= 15 is 0 Å². The van der Waals surface area contributed by atoms with E-state index in [0.717, 1.165) is 31.4 Å². The summed E-state index contributed by atoms with van der Waals surface area (Å²) in [6.45, 7) is 4.65. The summed E-state index contributed by atoms with van der Waals surface area (Å²) in [6, 6.07) is 0.125. The molecule has 31 heavy (non-hydrogen) atoms. The molecule has 0 unspecified atom stereocenters. The number of hydrogen-bond donors (Lipinski definition) is 1. The molecule has 1 aromatic rings. The number of imide groups is 1. The first-order valence-corrected chi connectivity index (χ1v) is 11.4. The van der Waals surface area contributed by atoms with Crippen LogP contribution >= 0.6 is 0 Å². The molecule has 3 aliphatic rings. The number of nitrogens with one attached hydrogen (secondary N) is 1. The minimum absolute atomic E-state index is 0.0870. The number of amides is 3. The highest BCUT2D eigenvalue weighted by Crippen LogP contribution is 2.45. The zero-order valence-electron chi connectivity index (χ0n) is 18.9.